The summed E-state index contributed by atoms with van der Waals surface area (Å²) in [6.45, 7) is 5.94. The first-order valence-electron chi connectivity index (χ1n) is 12.1. The molecule has 0 saturated heterocycles. The Kier molecular flexibility index (Phi) is 11.7. The number of hydrogen-bond donors (Lipinski definition) is 1. The van der Waals surface area contributed by atoms with Crippen molar-refractivity contribution in [3.05, 3.63) is 64.1 Å². The Balaban J connectivity index is 2.20. The van der Waals surface area contributed by atoms with Crippen LogP contribution in [0, 0.1) is 0 Å². The predicted octanol–water partition coefficient (Wildman–Crippen LogP) is 5.12. The maximum Gasteiger partial charge on any atom is 0.243 e. The summed E-state index contributed by atoms with van der Waals surface area (Å²) < 4.78 is 26.8. The standard InChI is InChI=1S/C26H35Cl2N3O4S/c1-5-19(3)29-26(33)24(6-2)31(18-21-22(27)14-10-15-23(21)28)25(32)16-11-17-30(4)36(34,35)20-12-8-7-9-13-20/h7-10,12-15,19,24H,5-6,11,16-18H2,1-4H3,(H,29,33)/t19-,24-/m1/s1. The van der Waals surface area contributed by atoms with Gasteiger partial charge in [-0.2, -0.15) is 0 Å². The van der Waals surface area contributed by atoms with Gasteiger partial charge >= 0.3 is 0 Å². The van der Waals surface area contributed by atoms with E-state index >= 15 is 0 Å². The molecule has 0 fully saturated rings. The number of nitrogens with zero attached hydrogens (tertiary/aromatic N) is 2. The summed E-state index contributed by atoms with van der Waals surface area (Å²) in [5.41, 5.74) is 0.563. The van der Waals surface area contributed by atoms with Crippen LogP contribution in [0.15, 0.2) is 53.4 Å². The van der Waals surface area contributed by atoms with E-state index in [2.05, 4.69) is 5.32 Å². The molecule has 0 aromatic heterocycles. The number of benzene rings is 2. The number of amides is 2. The first-order valence-corrected chi connectivity index (χ1v) is 14.3. The van der Waals surface area contributed by atoms with Gasteiger partial charge in [0.1, 0.15) is 6.04 Å². The fourth-order valence-corrected chi connectivity index (χ4v) is 5.45. The SMILES string of the molecule is CC[C@@H](C)NC(=O)[C@@H](CC)N(Cc1c(Cl)cccc1Cl)C(=O)CCCN(C)S(=O)(=O)c1ccccc1. The molecule has 7 nitrogen and oxygen atoms in total. The van der Waals surface area contributed by atoms with Crippen LogP contribution in [0.2, 0.25) is 10.0 Å². The van der Waals surface area contributed by atoms with Crippen molar-refractivity contribution in [3.63, 3.8) is 0 Å². The lowest BCUT2D eigenvalue weighted by molar-refractivity contribution is -0.141. The third kappa shape index (κ3) is 7.93. The number of halogens is 2. The van der Waals surface area contributed by atoms with Gasteiger partial charge in [-0.05, 0) is 50.5 Å². The molecule has 0 radical (unpaired) electrons. The molecule has 0 saturated carbocycles. The van der Waals surface area contributed by atoms with Crippen LogP contribution in [0.25, 0.3) is 0 Å². The zero-order valence-electron chi connectivity index (χ0n) is 21.2. The molecule has 1 N–H and O–H groups in total. The predicted molar refractivity (Wildman–Crippen MR) is 144 cm³/mol. The van der Waals surface area contributed by atoms with E-state index in [1.54, 1.807) is 36.4 Å². The van der Waals surface area contributed by atoms with Crippen LogP contribution in [0.4, 0.5) is 0 Å². The number of hydrogen-bond acceptors (Lipinski definition) is 4. The lowest BCUT2D eigenvalue weighted by atomic mass is 10.1. The van der Waals surface area contributed by atoms with E-state index in [1.807, 2.05) is 20.8 Å². The van der Waals surface area contributed by atoms with Gasteiger partial charge < -0.3 is 10.2 Å². The van der Waals surface area contributed by atoms with Gasteiger partial charge in [0.2, 0.25) is 21.8 Å². The highest BCUT2D eigenvalue weighted by Gasteiger charge is 2.30. The van der Waals surface area contributed by atoms with Gasteiger partial charge in [0.25, 0.3) is 0 Å². The van der Waals surface area contributed by atoms with Crippen molar-refractivity contribution in [3.8, 4) is 0 Å². The minimum absolute atomic E-state index is 0.0377. The van der Waals surface area contributed by atoms with Crippen LogP contribution in [0.5, 0.6) is 0 Å². The summed E-state index contributed by atoms with van der Waals surface area (Å²) in [6.07, 6.45) is 1.51. The number of sulfonamides is 1. The molecule has 36 heavy (non-hydrogen) atoms. The first-order chi connectivity index (χ1) is 17.0. The largest absolute Gasteiger partial charge is 0.352 e. The zero-order valence-corrected chi connectivity index (χ0v) is 23.5. The van der Waals surface area contributed by atoms with E-state index in [-0.39, 0.29) is 48.7 Å². The highest BCUT2D eigenvalue weighted by molar-refractivity contribution is 7.89. The van der Waals surface area contributed by atoms with Crippen molar-refractivity contribution >= 4 is 45.0 Å². The Morgan fingerprint density at radius 3 is 2.14 bits per heavy atom. The normalized spacial score (nSPS) is 13.3. The van der Waals surface area contributed by atoms with Crippen LogP contribution in [-0.2, 0) is 26.2 Å². The minimum atomic E-state index is -3.66. The molecule has 0 aliphatic heterocycles. The molecule has 10 heteroatoms. The average molecular weight is 557 g/mol. The summed E-state index contributed by atoms with van der Waals surface area (Å²) in [7, 11) is -2.17. The van der Waals surface area contributed by atoms with Gasteiger partial charge in [0, 0.05) is 48.2 Å². The number of carbonyl (C=O) groups is 2. The van der Waals surface area contributed by atoms with Gasteiger partial charge in [-0.3, -0.25) is 9.59 Å². The Labute approximate surface area is 224 Å². The lowest BCUT2D eigenvalue weighted by Gasteiger charge is -2.32. The monoisotopic (exact) mass is 555 g/mol. The highest BCUT2D eigenvalue weighted by Crippen LogP contribution is 2.27. The van der Waals surface area contributed by atoms with Crippen molar-refractivity contribution < 1.29 is 18.0 Å². The van der Waals surface area contributed by atoms with Crippen molar-refractivity contribution in [1.82, 2.24) is 14.5 Å². The molecule has 2 amide bonds. The fraction of sp³-hybridized carbons (Fsp3) is 0.462. The number of carbonyl (C=O) groups excluding carboxylic acids is 2. The molecular weight excluding hydrogens is 521 g/mol. The lowest BCUT2D eigenvalue weighted by Crippen LogP contribution is -2.50. The molecule has 0 aliphatic rings. The molecule has 0 heterocycles. The molecule has 0 bridgehead atoms. The van der Waals surface area contributed by atoms with Gasteiger partial charge in [0.05, 0.1) is 4.90 Å². The molecule has 198 valence electrons. The molecule has 2 aromatic rings. The Bertz CT molecular complexity index is 1110. The maximum absolute atomic E-state index is 13.4. The van der Waals surface area contributed by atoms with Crippen LogP contribution in [0.1, 0.15) is 52.0 Å². The first kappa shape index (κ1) is 30.1. The topological polar surface area (TPSA) is 86.8 Å². The van der Waals surface area contributed by atoms with Crippen molar-refractivity contribution in [2.45, 2.75) is 70.0 Å². The van der Waals surface area contributed by atoms with Crippen molar-refractivity contribution in [2.24, 2.45) is 0 Å². The summed E-state index contributed by atoms with van der Waals surface area (Å²) in [5.74, 6) is -0.519. The molecule has 0 spiro atoms. The molecule has 2 atom stereocenters. The van der Waals surface area contributed by atoms with Gasteiger partial charge in [0.15, 0.2) is 0 Å². The third-order valence-electron chi connectivity index (χ3n) is 6.09. The number of nitrogens with one attached hydrogen (secondary N) is 1. The van der Waals surface area contributed by atoms with E-state index < -0.39 is 16.1 Å². The summed E-state index contributed by atoms with van der Waals surface area (Å²) >= 11 is 12.7. The highest BCUT2D eigenvalue weighted by atomic mass is 35.5. The molecular formula is C26H35Cl2N3O4S. The average Bonchev–Trinajstić information content (AvgIpc) is 2.85. The van der Waals surface area contributed by atoms with Gasteiger partial charge in [-0.1, -0.05) is 61.3 Å². The summed E-state index contributed by atoms with van der Waals surface area (Å²) in [6, 6.07) is 12.5. The smallest absolute Gasteiger partial charge is 0.243 e. The van der Waals surface area contributed by atoms with E-state index in [0.717, 1.165) is 6.42 Å². The van der Waals surface area contributed by atoms with E-state index in [9.17, 15) is 18.0 Å². The van der Waals surface area contributed by atoms with Crippen LogP contribution < -0.4 is 5.32 Å². The second-order valence-electron chi connectivity index (χ2n) is 8.71. The van der Waals surface area contributed by atoms with Crippen LogP contribution in [-0.4, -0.2) is 55.1 Å². The Morgan fingerprint density at radius 2 is 1.58 bits per heavy atom. The van der Waals surface area contributed by atoms with Gasteiger partial charge in [-0.25, -0.2) is 12.7 Å². The summed E-state index contributed by atoms with van der Waals surface area (Å²) in [4.78, 5) is 28.2. The second kappa shape index (κ2) is 14.0. The zero-order chi connectivity index (χ0) is 26.9. The van der Waals surface area contributed by atoms with E-state index in [0.29, 0.717) is 22.0 Å². The number of rotatable bonds is 13. The minimum Gasteiger partial charge on any atom is -0.352 e. The van der Waals surface area contributed by atoms with E-state index in [4.69, 9.17) is 23.2 Å². The maximum atomic E-state index is 13.4. The Morgan fingerprint density at radius 1 is 0.972 bits per heavy atom. The molecule has 2 aromatic carbocycles. The Hall–Kier alpha value is -2.13. The van der Waals surface area contributed by atoms with Crippen LogP contribution >= 0.6 is 23.2 Å². The summed E-state index contributed by atoms with van der Waals surface area (Å²) in [5, 5.41) is 3.77. The van der Waals surface area contributed by atoms with Gasteiger partial charge in [-0.15, -0.1) is 0 Å². The molecule has 0 unspecified atom stereocenters. The molecule has 0 aliphatic carbocycles. The third-order valence-corrected chi connectivity index (χ3v) is 8.67. The van der Waals surface area contributed by atoms with Crippen LogP contribution in [0.3, 0.4) is 0 Å². The quantitative estimate of drug-likeness (QED) is 0.371. The fourth-order valence-electron chi connectivity index (χ4n) is 3.70. The van der Waals surface area contributed by atoms with Crippen molar-refractivity contribution in [1.29, 1.82) is 0 Å². The second-order valence-corrected chi connectivity index (χ2v) is 11.6. The van der Waals surface area contributed by atoms with E-state index in [1.165, 1.54) is 28.4 Å². The van der Waals surface area contributed by atoms with Crippen molar-refractivity contribution in [2.75, 3.05) is 13.6 Å². The molecule has 2 rings (SSSR count).